The second-order valence-electron chi connectivity index (χ2n) is 4.78. The van der Waals surface area contributed by atoms with Crippen molar-refractivity contribution < 1.29 is 14.5 Å². The average molecular weight is 314 g/mol. The van der Waals surface area contributed by atoms with E-state index < -0.39 is 10.8 Å². The lowest BCUT2D eigenvalue weighted by Crippen LogP contribution is -2.38. The molecule has 0 heterocycles. The lowest BCUT2D eigenvalue weighted by molar-refractivity contribution is -0.384. The molecular weight excluding hydrogens is 298 g/mol. The molecule has 0 bridgehead atoms. The van der Waals surface area contributed by atoms with E-state index in [0.29, 0.717) is 12.5 Å². The Hall–Kier alpha value is -2.15. The molecule has 1 aromatic carbocycles. The summed E-state index contributed by atoms with van der Waals surface area (Å²) in [6, 6.07) is 3.92. The van der Waals surface area contributed by atoms with Gasteiger partial charge in [-0.3, -0.25) is 19.7 Å². The monoisotopic (exact) mass is 313 g/mol. The van der Waals surface area contributed by atoms with Crippen LogP contribution in [0.25, 0.3) is 0 Å². The molecule has 0 aliphatic heterocycles. The Morgan fingerprint density at radius 3 is 2.57 bits per heavy atom. The number of carbonyl (C=O) groups is 2. The molecule has 8 heteroatoms. The molecule has 1 rings (SSSR count). The van der Waals surface area contributed by atoms with Crippen molar-refractivity contribution in [2.24, 2.45) is 5.92 Å². The van der Waals surface area contributed by atoms with Crippen molar-refractivity contribution in [1.82, 2.24) is 10.6 Å². The average Bonchev–Trinajstić information content (AvgIpc) is 2.42. The largest absolute Gasteiger partial charge is 0.354 e. The summed E-state index contributed by atoms with van der Waals surface area (Å²) >= 11 is 5.81. The minimum absolute atomic E-state index is 0.0393. The van der Waals surface area contributed by atoms with Crippen LogP contribution in [0.3, 0.4) is 0 Å². The van der Waals surface area contributed by atoms with E-state index in [2.05, 4.69) is 10.6 Å². The maximum absolute atomic E-state index is 11.9. The molecule has 114 valence electrons. The predicted molar refractivity (Wildman–Crippen MR) is 78.3 cm³/mol. The summed E-state index contributed by atoms with van der Waals surface area (Å²) in [5, 5.41) is 15.5. The number of nitro groups is 1. The third kappa shape index (κ3) is 5.03. The highest BCUT2D eigenvalue weighted by Crippen LogP contribution is 2.27. The molecular formula is C13H16ClN3O4. The van der Waals surface area contributed by atoms with Gasteiger partial charge in [0.1, 0.15) is 5.02 Å². The van der Waals surface area contributed by atoms with Crippen molar-refractivity contribution in [1.29, 1.82) is 0 Å². The summed E-state index contributed by atoms with van der Waals surface area (Å²) in [6.07, 6.45) is 0. The minimum Gasteiger partial charge on any atom is -0.354 e. The number of halogens is 1. The highest BCUT2D eigenvalue weighted by molar-refractivity contribution is 6.35. The topological polar surface area (TPSA) is 101 Å². The number of benzene rings is 1. The van der Waals surface area contributed by atoms with Gasteiger partial charge in [-0.2, -0.15) is 0 Å². The molecule has 0 aliphatic carbocycles. The molecule has 0 atom stereocenters. The molecule has 1 aromatic rings. The summed E-state index contributed by atoms with van der Waals surface area (Å²) in [4.78, 5) is 33.4. The van der Waals surface area contributed by atoms with E-state index in [4.69, 9.17) is 11.6 Å². The number of carbonyl (C=O) groups excluding carboxylic acids is 2. The highest BCUT2D eigenvalue weighted by Gasteiger charge is 2.20. The third-order valence-electron chi connectivity index (χ3n) is 2.54. The summed E-state index contributed by atoms with van der Waals surface area (Å²) in [5.41, 5.74) is -0.392. The molecule has 0 saturated carbocycles. The van der Waals surface area contributed by atoms with Gasteiger partial charge >= 0.3 is 0 Å². The fraction of sp³-hybridized carbons (Fsp3) is 0.385. The van der Waals surface area contributed by atoms with E-state index in [1.165, 1.54) is 18.2 Å². The molecule has 0 fully saturated rings. The first kappa shape index (κ1) is 16.9. The summed E-state index contributed by atoms with van der Waals surface area (Å²) < 4.78 is 0. The van der Waals surface area contributed by atoms with Crippen molar-refractivity contribution in [3.63, 3.8) is 0 Å². The predicted octanol–water partition coefficient (Wildman–Crippen LogP) is 1.75. The van der Waals surface area contributed by atoms with Crippen LogP contribution in [0, 0.1) is 16.0 Å². The maximum atomic E-state index is 11.9. The van der Waals surface area contributed by atoms with Crippen LogP contribution < -0.4 is 10.6 Å². The number of nitrogens with zero attached hydrogens (tertiary/aromatic N) is 1. The fourth-order valence-electron chi connectivity index (χ4n) is 1.47. The van der Waals surface area contributed by atoms with Gasteiger partial charge in [-0.1, -0.05) is 31.5 Å². The zero-order valence-electron chi connectivity index (χ0n) is 11.7. The summed E-state index contributed by atoms with van der Waals surface area (Å²) in [7, 11) is 0. The standard InChI is InChI=1S/C13H16ClN3O4/c1-8(2)6-15-11(18)7-16-13(19)9-4-3-5-10(12(9)14)17(20)21/h3-5,8H,6-7H2,1-2H3,(H,15,18)(H,16,19). The van der Waals surface area contributed by atoms with Crippen LogP contribution in [-0.2, 0) is 4.79 Å². The summed E-state index contributed by atoms with van der Waals surface area (Å²) in [6.45, 7) is 4.18. The van der Waals surface area contributed by atoms with Gasteiger partial charge in [0.15, 0.2) is 0 Å². The number of amides is 2. The van der Waals surface area contributed by atoms with E-state index >= 15 is 0 Å². The van der Waals surface area contributed by atoms with Crippen LogP contribution in [0.4, 0.5) is 5.69 Å². The molecule has 21 heavy (non-hydrogen) atoms. The number of hydrogen-bond acceptors (Lipinski definition) is 4. The zero-order valence-corrected chi connectivity index (χ0v) is 12.4. The van der Waals surface area contributed by atoms with E-state index in [0.717, 1.165) is 0 Å². The second kappa shape index (κ2) is 7.58. The van der Waals surface area contributed by atoms with Crippen molar-refractivity contribution in [3.05, 3.63) is 38.9 Å². The Balaban J connectivity index is 2.66. The first-order chi connectivity index (χ1) is 9.82. The quantitative estimate of drug-likeness (QED) is 0.617. The van der Waals surface area contributed by atoms with Gasteiger partial charge in [0.25, 0.3) is 11.6 Å². The third-order valence-corrected chi connectivity index (χ3v) is 2.93. The zero-order chi connectivity index (χ0) is 16.0. The lowest BCUT2D eigenvalue weighted by Gasteiger charge is -2.09. The number of nitro benzene ring substituents is 1. The normalized spacial score (nSPS) is 10.3. The molecule has 2 N–H and O–H groups in total. The van der Waals surface area contributed by atoms with Crippen molar-refractivity contribution >= 4 is 29.1 Å². The molecule has 0 radical (unpaired) electrons. The Bertz CT molecular complexity index is 560. The van der Waals surface area contributed by atoms with Gasteiger partial charge in [-0.15, -0.1) is 0 Å². The summed E-state index contributed by atoms with van der Waals surface area (Å²) in [5.74, 6) is -0.669. The van der Waals surface area contributed by atoms with E-state index in [1.54, 1.807) is 0 Å². The van der Waals surface area contributed by atoms with Crippen LogP contribution in [0.2, 0.25) is 5.02 Å². The SMILES string of the molecule is CC(C)CNC(=O)CNC(=O)c1cccc([N+](=O)[O-])c1Cl. The van der Waals surface area contributed by atoms with Gasteiger partial charge in [0.2, 0.25) is 5.91 Å². The minimum atomic E-state index is -0.672. The van der Waals surface area contributed by atoms with Crippen LogP contribution in [0.15, 0.2) is 18.2 Å². The van der Waals surface area contributed by atoms with Gasteiger partial charge in [-0.25, -0.2) is 0 Å². The van der Waals surface area contributed by atoms with Gasteiger partial charge in [0.05, 0.1) is 17.0 Å². The van der Waals surface area contributed by atoms with E-state index in [-0.39, 0.29) is 28.7 Å². The van der Waals surface area contributed by atoms with E-state index in [1.807, 2.05) is 13.8 Å². The van der Waals surface area contributed by atoms with Crippen molar-refractivity contribution in [2.75, 3.05) is 13.1 Å². The van der Waals surface area contributed by atoms with E-state index in [9.17, 15) is 19.7 Å². The van der Waals surface area contributed by atoms with Crippen molar-refractivity contribution in [2.45, 2.75) is 13.8 Å². The fourth-order valence-corrected chi connectivity index (χ4v) is 1.75. The molecule has 0 saturated heterocycles. The highest BCUT2D eigenvalue weighted by atomic mass is 35.5. The Labute approximate surface area is 126 Å². The second-order valence-corrected chi connectivity index (χ2v) is 5.15. The molecule has 0 spiro atoms. The van der Waals surface area contributed by atoms with Gasteiger partial charge < -0.3 is 10.6 Å². The number of nitrogens with one attached hydrogen (secondary N) is 2. The Morgan fingerprint density at radius 1 is 1.33 bits per heavy atom. The smallest absolute Gasteiger partial charge is 0.288 e. The van der Waals surface area contributed by atoms with Crippen molar-refractivity contribution in [3.8, 4) is 0 Å². The molecule has 7 nitrogen and oxygen atoms in total. The van der Waals surface area contributed by atoms with Crippen LogP contribution in [-0.4, -0.2) is 29.8 Å². The first-order valence-corrected chi connectivity index (χ1v) is 6.68. The molecule has 0 aliphatic rings. The maximum Gasteiger partial charge on any atom is 0.288 e. The lowest BCUT2D eigenvalue weighted by atomic mass is 10.2. The first-order valence-electron chi connectivity index (χ1n) is 6.30. The van der Waals surface area contributed by atoms with Crippen LogP contribution >= 0.6 is 11.6 Å². The van der Waals surface area contributed by atoms with Crippen LogP contribution in [0.1, 0.15) is 24.2 Å². The number of hydrogen-bond donors (Lipinski definition) is 2. The Kier molecular flexibility index (Phi) is 6.10. The molecule has 0 aromatic heterocycles. The molecule has 2 amide bonds. The number of rotatable bonds is 6. The Morgan fingerprint density at radius 2 is 2.00 bits per heavy atom. The van der Waals surface area contributed by atoms with Crippen LogP contribution in [0.5, 0.6) is 0 Å². The molecule has 0 unspecified atom stereocenters. The van der Waals surface area contributed by atoms with Gasteiger partial charge in [-0.05, 0) is 12.0 Å². The van der Waals surface area contributed by atoms with Gasteiger partial charge in [0, 0.05) is 12.6 Å².